The number of nitrogens with zero attached hydrogens (tertiary/aromatic N) is 2. The first-order chi connectivity index (χ1) is 32.3. The molecule has 0 aromatic heterocycles. The number of ether oxygens (including phenoxy) is 4. The van der Waals surface area contributed by atoms with Gasteiger partial charge in [0.05, 0.1) is 56.3 Å². The number of hydrogen-bond acceptors (Lipinski definition) is 8. The van der Waals surface area contributed by atoms with Crippen molar-refractivity contribution in [3.63, 3.8) is 0 Å². The number of carboxylic acid groups (broad SMARTS) is 1. The molecule has 4 saturated heterocycles. The Bertz CT molecular complexity index is 1840. The Labute approximate surface area is 411 Å². The van der Waals surface area contributed by atoms with Crippen LogP contribution in [0.25, 0.3) is 0 Å². The molecule has 10 rings (SSSR count). The third kappa shape index (κ3) is 14.9. The average molecular weight is 937 g/mol. The highest BCUT2D eigenvalue weighted by molar-refractivity contribution is 5.76. The Hall–Kier alpha value is -4.22. The molecular weight excluding hydrogens is 849 g/mol. The average Bonchev–Trinajstić information content (AvgIpc) is 3.90. The minimum Gasteiger partial charge on any atom is -0.481 e. The van der Waals surface area contributed by atoms with Crippen LogP contribution >= 0.6 is 0 Å². The molecule has 4 heterocycles. The van der Waals surface area contributed by atoms with E-state index in [4.69, 9.17) is 24.1 Å². The van der Waals surface area contributed by atoms with Gasteiger partial charge in [-0.3, -0.25) is 19.4 Å². The zero-order valence-corrected chi connectivity index (χ0v) is 41.5. The maximum Gasteiger partial charge on any atom is 0.306 e. The molecule has 4 aliphatic heterocycles. The first-order valence-corrected chi connectivity index (χ1v) is 25.4. The van der Waals surface area contributed by atoms with Crippen LogP contribution in [0.2, 0.25) is 0 Å². The molecule has 4 aromatic carbocycles. The first-order valence-electron chi connectivity index (χ1n) is 25.4. The van der Waals surface area contributed by atoms with Crippen molar-refractivity contribution >= 4 is 11.8 Å². The van der Waals surface area contributed by atoms with E-state index in [0.29, 0.717) is 38.0 Å². The number of benzene rings is 4. The van der Waals surface area contributed by atoms with E-state index in [0.717, 1.165) is 58.4 Å². The summed E-state index contributed by atoms with van der Waals surface area (Å²) in [4.78, 5) is 27.2. The highest BCUT2D eigenvalue weighted by Gasteiger charge is 2.43. The molecular formula is C59H88N2O7. The molecule has 8 atom stereocenters. The van der Waals surface area contributed by atoms with Gasteiger partial charge in [-0.15, -0.1) is 0 Å². The van der Waals surface area contributed by atoms with Crippen LogP contribution in [0.4, 0.5) is 0 Å². The lowest BCUT2D eigenvalue weighted by atomic mass is 9.87. The molecule has 0 amide bonds. The molecule has 6 aliphatic rings. The van der Waals surface area contributed by atoms with Crippen LogP contribution in [-0.4, -0.2) is 104 Å². The molecule has 1 N–H and O–H groups in total. The van der Waals surface area contributed by atoms with Gasteiger partial charge in [-0.25, -0.2) is 0 Å². The van der Waals surface area contributed by atoms with Crippen molar-refractivity contribution in [3.05, 3.63) is 142 Å². The molecule has 0 spiro atoms. The van der Waals surface area contributed by atoms with Gasteiger partial charge in [-0.2, -0.15) is 0 Å². The van der Waals surface area contributed by atoms with Crippen molar-refractivity contribution in [1.82, 2.24) is 9.80 Å². The number of Topliss-reactive ketones (excluding diaryl/α,β-unsaturated/α-hetero) is 1. The van der Waals surface area contributed by atoms with Crippen LogP contribution in [0.5, 0.6) is 0 Å². The summed E-state index contributed by atoms with van der Waals surface area (Å²) in [7, 11) is 0. The lowest BCUT2D eigenvalue weighted by Gasteiger charge is -2.34. The molecule has 376 valence electrons. The molecule has 0 saturated carbocycles. The molecule has 4 aromatic rings. The zero-order chi connectivity index (χ0) is 47.6. The molecule has 2 aliphatic carbocycles. The molecule has 8 unspecified atom stereocenters. The SMILES string of the molecule is C.C.CC.CC.CC.CC.CC(=O)CC1CN(CC2CC3c4ccccc4Cc4ccccc4C3O2)CCO1.O=C(O)CC1CN(CC2CC3c4ccccc4Cc4ccccc4C3O2)CCO1. The lowest BCUT2D eigenvalue weighted by Crippen LogP contribution is -2.46. The van der Waals surface area contributed by atoms with Gasteiger partial charge in [0.2, 0.25) is 0 Å². The number of carboxylic acids is 1. The van der Waals surface area contributed by atoms with Crippen molar-refractivity contribution in [2.24, 2.45) is 0 Å². The summed E-state index contributed by atoms with van der Waals surface area (Å²) in [6.07, 6.45) is 4.95. The predicted octanol–water partition coefficient (Wildman–Crippen LogP) is 12.6. The maximum absolute atomic E-state index is 11.5. The Kier molecular flexibility index (Phi) is 25.4. The summed E-state index contributed by atoms with van der Waals surface area (Å²) in [5.74, 6) is 0.179. The predicted molar refractivity (Wildman–Crippen MR) is 280 cm³/mol. The highest BCUT2D eigenvalue weighted by atomic mass is 16.5. The minimum atomic E-state index is -0.801. The van der Waals surface area contributed by atoms with Crippen LogP contribution in [-0.2, 0) is 41.4 Å². The highest BCUT2D eigenvalue weighted by Crippen LogP contribution is 2.50. The van der Waals surface area contributed by atoms with Gasteiger partial charge >= 0.3 is 5.97 Å². The van der Waals surface area contributed by atoms with Gasteiger partial charge < -0.3 is 24.1 Å². The number of aliphatic carboxylic acids is 1. The van der Waals surface area contributed by atoms with Crippen molar-refractivity contribution < 1.29 is 33.6 Å². The van der Waals surface area contributed by atoms with Gasteiger partial charge in [0.1, 0.15) is 5.78 Å². The molecule has 0 radical (unpaired) electrons. The third-order valence-electron chi connectivity index (χ3n) is 13.1. The van der Waals surface area contributed by atoms with Crippen molar-refractivity contribution in [1.29, 1.82) is 0 Å². The van der Waals surface area contributed by atoms with E-state index in [1.807, 2.05) is 55.4 Å². The number of ketones is 1. The van der Waals surface area contributed by atoms with E-state index < -0.39 is 5.97 Å². The second-order valence-electron chi connectivity index (χ2n) is 17.2. The molecule has 68 heavy (non-hydrogen) atoms. The smallest absolute Gasteiger partial charge is 0.306 e. The molecule has 9 heteroatoms. The first kappa shape index (κ1) is 58.1. The Morgan fingerprint density at radius 2 is 0.853 bits per heavy atom. The van der Waals surface area contributed by atoms with Gasteiger partial charge in [-0.05, 0) is 77.1 Å². The number of rotatable bonds is 8. The van der Waals surface area contributed by atoms with Crippen molar-refractivity contribution in [2.45, 2.75) is 164 Å². The summed E-state index contributed by atoms with van der Waals surface area (Å²) < 4.78 is 24.8. The number of fused-ring (bicyclic) bond motifs is 10. The van der Waals surface area contributed by atoms with Gasteiger partial charge in [0, 0.05) is 57.5 Å². The quantitative estimate of drug-likeness (QED) is 0.185. The second-order valence-corrected chi connectivity index (χ2v) is 17.2. The normalized spacial score (nSPS) is 25.0. The van der Waals surface area contributed by atoms with Gasteiger partial charge in [-0.1, -0.05) is 167 Å². The van der Waals surface area contributed by atoms with Gasteiger partial charge in [0.25, 0.3) is 0 Å². The van der Waals surface area contributed by atoms with Crippen LogP contribution in [0.3, 0.4) is 0 Å². The van der Waals surface area contributed by atoms with E-state index in [-0.39, 0.29) is 63.7 Å². The minimum absolute atomic E-state index is 0. The Balaban J connectivity index is 0.000000307. The summed E-state index contributed by atoms with van der Waals surface area (Å²) in [6, 6.07) is 35.1. The second kappa shape index (κ2) is 29.7. The molecule has 0 bridgehead atoms. The van der Waals surface area contributed by atoms with Crippen molar-refractivity contribution in [3.8, 4) is 0 Å². The van der Waals surface area contributed by atoms with Crippen LogP contribution in [0.1, 0.15) is 171 Å². The van der Waals surface area contributed by atoms with E-state index in [1.165, 1.54) is 44.5 Å². The Morgan fingerprint density at radius 1 is 0.515 bits per heavy atom. The van der Waals surface area contributed by atoms with E-state index in [1.54, 1.807) is 6.92 Å². The van der Waals surface area contributed by atoms with E-state index in [9.17, 15) is 9.59 Å². The number of carbonyl (C=O) groups is 2. The number of morpholine rings is 2. The fourth-order valence-corrected chi connectivity index (χ4v) is 10.6. The topological polar surface area (TPSA) is 97.8 Å². The maximum atomic E-state index is 11.5. The van der Waals surface area contributed by atoms with E-state index in [2.05, 4.69) is 107 Å². The van der Waals surface area contributed by atoms with Crippen LogP contribution in [0.15, 0.2) is 97.1 Å². The summed E-state index contributed by atoms with van der Waals surface area (Å²) in [5.41, 5.74) is 11.1. The van der Waals surface area contributed by atoms with Crippen LogP contribution < -0.4 is 0 Å². The number of hydrogen-bond donors (Lipinski definition) is 1. The van der Waals surface area contributed by atoms with Crippen molar-refractivity contribution in [2.75, 3.05) is 52.5 Å². The number of carbonyl (C=O) groups excluding carboxylic acids is 1. The standard InChI is InChI=1S/C25H29NO3.C24H27NO4.4C2H6.2CH4/c1-17(27)12-20-15-26(10-11-28-20)16-21-14-24-22-8-4-2-6-18(22)13-19-7-3-5-9-23(19)25(24)29-21;26-23(27)13-18-14-25(9-10-28-18)15-19-12-22-20-7-3-1-5-16(20)11-17-6-2-4-8-21(17)24(22)29-19;4*1-2;;/h2-9,20-21,24-25H,10-16H2,1H3;1-8,18-19,22,24H,9-15H2,(H,26,27);4*1-2H3;2*1H4. The third-order valence-corrected chi connectivity index (χ3v) is 13.1. The zero-order valence-electron chi connectivity index (χ0n) is 41.5. The summed E-state index contributed by atoms with van der Waals surface area (Å²) >= 11 is 0. The summed E-state index contributed by atoms with van der Waals surface area (Å²) in [5, 5.41) is 9.07. The molecule has 4 fully saturated rings. The largest absolute Gasteiger partial charge is 0.481 e. The Morgan fingerprint density at radius 3 is 1.22 bits per heavy atom. The fraction of sp³-hybridized carbons (Fsp3) is 0.559. The lowest BCUT2D eigenvalue weighted by molar-refractivity contribution is -0.142. The van der Waals surface area contributed by atoms with E-state index >= 15 is 0 Å². The van der Waals surface area contributed by atoms with Gasteiger partial charge in [0.15, 0.2) is 0 Å². The monoisotopic (exact) mass is 937 g/mol. The fourth-order valence-electron chi connectivity index (χ4n) is 10.6. The van der Waals surface area contributed by atoms with Crippen LogP contribution in [0, 0.1) is 0 Å². The summed E-state index contributed by atoms with van der Waals surface area (Å²) in [6.45, 7) is 23.9. The molecule has 9 nitrogen and oxygen atoms in total.